The molecule has 2 aromatic rings. The summed E-state index contributed by atoms with van der Waals surface area (Å²) in [6, 6.07) is 1.28. The highest BCUT2D eigenvalue weighted by Crippen LogP contribution is 2.31. The number of halogens is 3. The summed E-state index contributed by atoms with van der Waals surface area (Å²) in [7, 11) is 1.96. The second-order valence-corrected chi connectivity index (χ2v) is 10.6. The lowest BCUT2D eigenvalue weighted by atomic mass is 10.1. The van der Waals surface area contributed by atoms with Crippen molar-refractivity contribution in [1.82, 2.24) is 19.5 Å². The number of amides is 4. The van der Waals surface area contributed by atoms with E-state index in [4.69, 9.17) is 10.5 Å². The quantitative estimate of drug-likeness (QED) is 0.246. The monoisotopic (exact) mass is 634 g/mol. The van der Waals surface area contributed by atoms with Crippen LogP contribution < -0.4 is 21.1 Å². The number of urea groups is 1. The molecular formula is C23H29BrF2N6O6S. The van der Waals surface area contributed by atoms with Gasteiger partial charge in [-0.1, -0.05) is 15.9 Å². The summed E-state index contributed by atoms with van der Waals surface area (Å²) in [5.41, 5.74) is 4.69. The number of carbonyl (C=O) groups excluding carboxylic acids is 3. The van der Waals surface area contributed by atoms with Crippen molar-refractivity contribution in [3.05, 3.63) is 39.4 Å². The number of likely N-dealkylation sites (N-methyl/N-ethyl adjacent to an activating group) is 1. The third kappa shape index (κ3) is 8.79. The molecule has 1 aliphatic heterocycles. The molecule has 0 radical (unpaired) electrons. The third-order valence-corrected chi connectivity index (χ3v) is 7.11. The first-order valence-corrected chi connectivity index (χ1v) is 13.4. The minimum absolute atomic E-state index is 0.0842. The van der Waals surface area contributed by atoms with Crippen LogP contribution in [-0.4, -0.2) is 94.2 Å². The van der Waals surface area contributed by atoms with E-state index in [9.17, 15) is 33.4 Å². The molecule has 3 rings (SSSR count). The number of nitrogens with one attached hydrogen (secondary N) is 2. The lowest BCUT2D eigenvalue weighted by Gasteiger charge is -2.33. The maximum absolute atomic E-state index is 14.1. The van der Waals surface area contributed by atoms with Gasteiger partial charge in [0.2, 0.25) is 11.8 Å². The highest BCUT2D eigenvalue weighted by molar-refractivity contribution is 9.10. The molecule has 1 aromatic carbocycles. The van der Waals surface area contributed by atoms with Crippen molar-refractivity contribution in [2.75, 3.05) is 45.1 Å². The fourth-order valence-corrected chi connectivity index (χ4v) is 4.89. The Bertz CT molecular complexity index is 1170. The number of carbonyl (C=O) groups is 3. The normalized spacial score (nSPS) is 15.5. The van der Waals surface area contributed by atoms with Gasteiger partial charge in [0.05, 0.1) is 24.2 Å². The molecule has 1 aliphatic rings. The number of rotatable bonds is 11. The van der Waals surface area contributed by atoms with Gasteiger partial charge in [0, 0.05) is 43.6 Å². The summed E-state index contributed by atoms with van der Waals surface area (Å²) in [4.78, 5) is 40.4. The second-order valence-electron chi connectivity index (χ2n) is 8.96. The zero-order valence-electron chi connectivity index (χ0n) is 21.0. The zero-order chi connectivity index (χ0) is 28.7. The van der Waals surface area contributed by atoms with Crippen LogP contribution in [-0.2, 0) is 11.4 Å². The Morgan fingerprint density at radius 3 is 2.44 bits per heavy atom. The van der Waals surface area contributed by atoms with Gasteiger partial charge in [0.1, 0.15) is 28.8 Å². The van der Waals surface area contributed by atoms with Crippen molar-refractivity contribution in [2.24, 2.45) is 5.73 Å². The number of piperazine rings is 1. The summed E-state index contributed by atoms with van der Waals surface area (Å²) < 4.78 is 37.5. The summed E-state index contributed by atoms with van der Waals surface area (Å²) in [5.74, 6) is -3.27. The topological polar surface area (TPSA) is 170 Å². The van der Waals surface area contributed by atoms with E-state index in [0.29, 0.717) is 24.6 Å². The van der Waals surface area contributed by atoms with E-state index in [-0.39, 0.29) is 46.2 Å². The molecule has 16 heteroatoms. The number of aliphatic hydroxyl groups excluding tert-OH is 2. The maximum atomic E-state index is 14.1. The van der Waals surface area contributed by atoms with E-state index in [2.05, 4.69) is 35.8 Å². The van der Waals surface area contributed by atoms with Crippen LogP contribution in [0.5, 0.6) is 5.88 Å². The van der Waals surface area contributed by atoms with E-state index in [0.717, 1.165) is 25.2 Å². The summed E-state index contributed by atoms with van der Waals surface area (Å²) in [6.07, 6.45) is -2.54. The molecule has 2 atom stereocenters. The molecule has 1 fully saturated rings. The average Bonchev–Trinajstić information content (AvgIpc) is 3.24. The first-order valence-electron chi connectivity index (χ1n) is 11.9. The highest BCUT2D eigenvalue weighted by atomic mass is 79.9. The molecule has 12 nitrogen and oxygen atoms in total. The molecule has 2 heterocycles. The van der Waals surface area contributed by atoms with Gasteiger partial charge in [-0.2, -0.15) is 4.37 Å². The molecule has 1 saturated heterocycles. The zero-order valence-corrected chi connectivity index (χ0v) is 23.4. The van der Waals surface area contributed by atoms with Crippen LogP contribution in [0, 0.1) is 11.6 Å². The smallest absolute Gasteiger partial charge is 0.320 e. The number of ether oxygens (including phenoxy) is 1. The van der Waals surface area contributed by atoms with Crippen molar-refractivity contribution < 1.29 is 38.1 Å². The standard InChI is InChI=1S/C23H29BrF2N6O6S/c1-31-2-4-32(5-3-31)18(35)9-13(33)8-14(34)10-28-23(37)29-22-19(20(27)36)21(30-39-22)38-11-15-16(25)6-12(24)7-17(15)26/h6-7,13-14,33-34H,2-5,8-11H2,1H3,(H2,27,36)(H2,28,29,37). The molecule has 2 unspecified atom stereocenters. The number of aromatic nitrogens is 1. The van der Waals surface area contributed by atoms with Crippen LogP contribution in [0.25, 0.3) is 0 Å². The highest BCUT2D eigenvalue weighted by Gasteiger charge is 2.25. The lowest BCUT2D eigenvalue weighted by molar-refractivity contribution is -0.135. The van der Waals surface area contributed by atoms with Crippen LogP contribution >= 0.6 is 27.5 Å². The molecule has 1 aromatic heterocycles. The van der Waals surface area contributed by atoms with Gasteiger partial charge < -0.3 is 35.8 Å². The van der Waals surface area contributed by atoms with Crippen molar-refractivity contribution >= 4 is 50.3 Å². The van der Waals surface area contributed by atoms with Crippen molar-refractivity contribution in [2.45, 2.75) is 31.7 Å². The predicted molar refractivity (Wildman–Crippen MR) is 141 cm³/mol. The number of benzene rings is 1. The summed E-state index contributed by atoms with van der Waals surface area (Å²) in [6.45, 7) is 1.78. The van der Waals surface area contributed by atoms with Gasteiger partial charge in [-0.25, -0.2) is 13.6 Å². The molecule has 214 valence electrons. The summed E-state index contributed by atoms with van der Waals surface area (Å²) >= 11 is 3.63. The number of nitrogens with zero attached hydrogens (tertiary/aromatic N) is 3. The average molecular weight is 635 g/mol. The Balaban J connectivity index is 1.49. The van der Waals surface area contributed by atoms with Gasteiger partial charge in [0.15, 0.2) is 0 Å². The van der Waals surface area contributed by atoms with Gasteiger partial charge in [-0.15, -0.1) is 0 Å². The molecule has 39 heavy (non-hydrogen) atoms. The van der Waals surface area contributed by atoms with E-state index < -0.39 is 48.0 Å². The summed E-state index contributed by atoms with van der Waals surface area (Å²) in [5, 5.41) is 25.0. The molecule has 0 spiro atoms. The number of primary amides is 1. The molecule has 6 N–H and O–H groups in total. The molecule has 0 saturated carbocycles. The Morgan fingerprint density at radius 2 is 1.82 bits per heavy atom. The lowest BCUT2D eigenvalue weighted by Crippen LogP contribution is -2.48. The third-order valence-electron chi connectivity index (χ3n) is 5.90. The van der Waals surface area contributed by atoms with Crippen molar-refractivity contribution in [3.63, 3.8) is 0 Å². The molecule has 0 aliphatic carbocycles. The van der Waals surface area contributed by atoms with E-state index in [1.165, 1.54) is 0 Å². The Morgan fingerprint density at radius 1 is 1.18 bits per heavy atom. The van der Waals surface area contributed by atoms with Crippen LogP contribution in [0.1, 0.15) is 28.8 Å². The largest absolute Gasteiger partial charge is 0.471 e. The first kappa shape index (κ1) is 30.6. The van der Waals surface area contributed by atoms with E-state index in [1.807, 2.05) is 7.05 Å². The van der Waals surface area contributed by atoms with Gasteiger partial charge in [0.25, 0.3) is 5.91 Å². The Labute approximate surface area is 235 Å². The minimum atomic E-state index is -1.15. The fourth-order valence-electron chi connectivity index (χ4n) is 3.75. The minimum Gasteiger partial charge on any atom is -0.471 e. The Kier molecular flexibility index (Phi) is 10.9. The SMILES string of the molecule is CN1CCN(C(=O)CC(O)CC(O)CNC(=O)Nc2snc(OCc3c(F)cc(Br)cc3F)c2C(N)=O)CC1. The van der Waals surface area contributed by atoms with Crippen LogP contribution in [0.4, 0.5) is 18.6 Å². The molecular weight excluding hydrogens is 606 g/mol. The second kappa shape index (κ2) is 13.9. The number of hydrogen-bond acceptors (Lipinski definition) is 9. The number of anilines is 1. The van der Waals surface area contributed by atoms with Crippen molar-refractivity contribution in [1.29, 1.82) is 0 Å². The van der Waals surface area contributed by atoms with Crippen LogP contribution in [0.3, 0.4) is 0 Å². The van der Waals surface area contributed by atoms with E-state index >= 15 is 0 Å². The van der Waals surface area contributed by atoms with Gasteiger partial charge >= 0.3 is 6.03 Å². The predicted octanol–water partition coefficient (Wildman–Crippen LogP) is 1.26. The first-order chi connectivity index (χ1) is 18.4. The Hall–Kier alpha value is -2.92. The fraction of sp³-hybridized carbons (Fsp3) is 0.478. The van der Waals surface area contributed by atoms with Crippen LogP contribution in [0.2, 0.25) is 0 Å². The van der Waals surface area contributed by atoms with Gasteiger partial charge in [-0.05, 0) is 30.7 Å². The van der Waals surface area contributed by atoms with Crippen LogP contribution in [0.15, 0.2) is 16.6 Å². The molecule has 4 amide bonds. The van der Waals surface area contributed by atoms with E-state index in [1.54, 1.807) is 4.90 Å². The van der Waals surface area contributed by atoms with Crippen molar-refractivity contribution in [3.8, 4) is 5.88 Å². The number of aliphatic hydroxyl groups is 2. The maximum Gasteiger partial charge on any atom is 0.320 e. The number of hydrogen-bond donors (Lipinski definition) is 5. The molecule has 0 bridgehead atoms. The number of nitrogens with two attached hydrogens (primary N) is 1. The van der Waals surface area contributed by atoms with Gasteiger partial charge in [-0.3, -0.25) is 14.9 Å².